The van der Waals surface area contributed by atoms with Gasteiger partial charge in [-0.15, -0.1) is 0 Å². The summed E-state index contributed by atoms with van der Waals surface area (Å²) in [7, 11) is 0. The van der Waals surface area contributed by atoms with Gasteiger partial charge in [0.05, 0.1) is 5.92 Å². The van der Waals surface area contributed by atoms with Crippen molar-refractivity contribution < 1.29 is 9.59 Å². The molecule has 0 aromatic heterocycles. The molecule has 136 valence electrons. The molecule has 1 fully saturated rings. The highest BCUT2D eigenvalue weighted by molar-refractivity contribution is 5.98. The molecule has 0 radical (unpaired) electrons. The molecule has 2 aromatic carbocycles. The van der Waals surface area contributed by atoms with E-state index in [1.54, 1.807) is 0 Å². The van der Waals surface area contributed by atoms with Crippen LogP contribution in [0.1, 0.15) is 30.0 Å². The van der Waals surface area contributed by atoms with Crippen LogP contribution in [0.5, 0.6) is 0 Å². The molecule has 1 unspecified atom stereocenters. The Kier molecular flexibility index (Phi) is 5.71. The van der Waals surface area contributed by atoms with Crippen molar-refractivity contribution in [1.29, 1.82) is 0 Å². The summed E-state index contributed by atoms with van der Waals surface area (Å²) >= 11 is 0. The van der Waals surface area contributed by atoms with Crippen molar-refractivity contribution in [2.45, 2.75) is 33.1 Å². The number of carbonyl (C=O) groups is 2. The third kappa shape index (κ3) is 4.13. The van der Waals surface area contributed by atoms with Crippen LogP contribution in [0.25, 0.3) is 0 Å². The second-order valence-corrected chi connectivity index (χ2v) is 6.93. The van der Waals surface area contributed by atoms with E-state index in [4.69, 9.17) is 0 Å². The zero-order valence-electron chi connectivity index (χ0n) is 15.5. The minimum absolute atomic E-state index is 0.0513. The van der Waals surface area contributed by atoms with Gasteiger partial charge in [-0.25, -0.2) is 0 Å². The second-order valence-electron chi connectivity index (χ2n) is 6.93. The van der Waals surface area contributed by atoms with E-state index < -0.39 is 0 Å². The molecule has 0 aliphatic carbocycles. The predicted molar refractivity (Wildman–Crippen MR) is 104 cm³/mol. The third-order valence-corrected chi connectivity index (χ3v) is 5.09. The molecular weight excluding hydrogens is 324 g/mol. The van der Waals surface area contributed by atoms with Crippen LogP contribution in [0.4, 0.5) is 5.69 Å². The van der Waals surface area contributed by atoms with E-state index in [-0.39, 0.29) is 17.7 Å². The van der Waals surface area contributed by atoms with Crippen molar-refractivity contribution in [3.8, 4) is 0 Å². The summed E-state index contributed by atoms with van der Waals surface area (Å²) in [6, 6.07) is 16.2. The lowest BCUT2D eigenvalue weighted by molar-refractivity contribution is -0.128. The van der Waals surface area contributed by atoms with Crippen LogP contribution in [0.15, 0.2) is 48.5 Å². The van der Waals surface area contributed by atoms with E-state index in [9.17, 15) is 9.59 Å². The lowest BCUT2D eigenvalue weighted by Gasteiger charge is -2.18. The van der Waals surface area contributed by atoms with Crippen molar-refractivity contribution in [2.24, 2.45) is 5.92 Å². The molecule has 1 aliphatic rings. The number of nitrogens with zero attached hydrogens (tertiary/aromatic N) is 1. The van der Waals surface area contributed by atoms with E-state index >= 15 is 0 Å². The minimum atomic E-state index is -0.275. The first kappa shape index (κ1) is 18.2. The number of nitrogens with one attached hydrogen (secondary N) is 1. The van der Waals surface area contributed by atoms with Gasteiger partial charge in [-0.05, 0) is 36.5 Å². The topological polar surface area (TPSA) is 49.4 Å². The summed E-state index contributed by atoms with van der Waals surface area (Å²) in [5.74, 6) is -0.256. The summed E-state index contributed by atoms with van der Waals surface area (Å²) < 4.78 is 0. The van der Waals surface area contributed by atoms with Gasteiger partial charge in [0.15, 0.2) is 0 Å². The molecule has 1 saturated heterocycles. The molecular formula is C22H26N2O2. The van der Waals surface area contributed by atoms with Crippen molar-refractivity contribution in [2.75, 3.05) is 18.4 Å². The lowest BCUT2D eigenvalue weighted by Crippen LogP contribution is -2.30. The summed E-state index contributed by atoms with van der Waals surface area (Å²) in [5, 5.41) is 3.07. The molecule has 2 aromatic rings. The number of benzene rings is 2. The van der Waals surface area contributed by atoms with Gasteiger partial charge in [-0.2, -0.15) is 0 Å². The van der Waals surface area contributed by atoms with Gasteiger partial charge in [0, 0.05) is 25.2 Å². The molecule has 1 atom stereocenters. The summed E-state index contributed by atoms with van der Waals surface area (Å²) in [5.41, 5.74) is 4.29. The molecule has 26 heavy (non-hydrogen) atoms. The maximum atomic E-state index is 12.7. The fourth-order valence-corrected chi connectivity index (χ4v) is 3.50. The number of likely N-dealkylation sites (tertiary alicyclic amines) is 1. The molecule has 1 heterocycles. The van der Waals surface area contributed by atoms with Crippen molar-refractivity contribution in [3.05, 3.63) is 65.2 Å². The van der Waals surface area contributed by atoms with Gasteiger partial charge in [-0.1, -0.05) is 55.5 Å². The third-order valence-electron chi connectivity index (χ3n) is 5.09. The Bertz CT molecular complexity index is 786. The molecule has 1 aliphatic heterocycles. The lowest BCUT2D eigenvalue weighted by atomic mass is 10.0. The van der Waals surface area contributed by atoms with Gasteiger partial charge < -0.3 is 10.2 Å². The molecule has 0 bridgehead atoms. The second kappa shape index (κ2) is 8.17. The highest BCUT2D eigenvalue weighted by atomic mass is 16.2. The first-order valence-corrected chi connectivity index (χ1v) is 9.29. The van der Waals surface area contributed by atoms with Crippen molar-refractivity contribution >= 4 is 17.5 Å². The molecule has 0 saturated carbocycles. The number of rotatable bonds is 6. The summed E-state index contributed by atoms with van der Waals surface area (Å²) in [6.45, 7) is 5.25. The van der Waals surface area contributed by atoms with Gasteiger partial charge >= 0.3 is 0 Å². The number of carbonyl (C=O) groups excluding carboxylic acids is 2. The zero-order valence-corrected chi connectivity index (χ0v) is 15.5. The van der Waals surface area contributed by atoms with Crippen LogP contribution in [0.2, 0.25) is 0 Å². The Morgan fingerprint density at radius 1 is 1.15 bits per heavy atom. The maximum Gasteiger partial charge on any atom is 0.229 e. The SMILES string of the molecule is CCc1cccc(C)c1NC(=O)C1CC(=O)N(CCc2ccccc2)C1. The monoisotopic (exact) mass is 350 g/mol. The van der Waals surface area contributed by atoms with Gasteiger partial charge in [0.25, 0.3) is 0 Å². The van der Waals surface area contributed by atoms with Crippen LogP contribution < -0.4 is 5.32 Å². The number of amides is 2. The fraction of sp³-hybridized carbons (Fsp3) is 0.364. The quantitative estimate of drug-likeness (QED) is 0.865. The first-order valence-electron chi connectivity index (χ1n) is 9.29. The summed E-state index contributed by atoms with van der Waals surface area (Å²) in [6.07, 6.45) is 1.98. The summed E-state index contributed by atoms with van der Waals surface area (Å²) in [4.78, 5) is 26.8. The molecule has 3 rings (SSSR count). The van der Waals surface area contributed by atoms with Crippen molar-refractivity contribution in [3.63, 3.8) is 0 Å². The van der Waals surface area contributed by atoms with Crippen LogP contribution in [-0.4, -0.2) is 29.8 Å². The number of aryl methyl sites for hydroxylation is 2. The smallest absolute Gasteiger partial charge is 0.229 e. The van der Waals surface area contributed by atoms with E-state index in [1.165, 1.54) is 5.56 Å². The number of hydrogen-bond acceptors (Lipinski definition) is 2. The van der Waals surface area contributed by atoms with Crippen LogP contribution >= 0.6 is 0 Å². The Morgan fingerprint density at radius 3 is 2.65 bits per heavy atom. The highest BCUT2D eigenvalue weighted by Gasteiger charge is 2.34. The minimum Gasteiger partial charge on any atom is -0.342 e. The van der Waals surface area contributed by atoms with Crippen molar-refractivity contribution in [1.82, 2.24) is 4.90 Å². The highest BCUT2D eigenvalue weighted by Crippen LogP contribution is 2.24. The normalized spacial score (nSPS) is 16.8. The maximum absolute atomic E-state index is 12.7. The number of hydrogen-bond donors (Lipinski definition) is 1. The van der Waals surface area contributed by atoms with Crippen LogP contribution in [0.3, 0.4) is 0 Å². The molecule has 2 amide bonds. The van der Waals surface area contributed by atoms with E-state index in [1.807, 2.05) is 48.2 Å². The van der Waals surface area contributed by atoms with E-state index in [2.05, 4.69) is 24.4 Å². The van der Waals surface area contributed by atoms with E-state index in [0.29, 0.717) is 19.5 Å². The number of para-hydroxylation sites is 1. The Hall–Kier alpha value is -2.62. The predicted octanol–water partition coefficient (Wildman–Crippen LogP) is 3.59. The van der Waals surface area contributed by atoms with Gasteiger partial charge in [-0.3, -0.25) is 9.59 Å². The Labute approximate surface area is 155 Å². The fourth-order valence-electron chi connectivity index (χ4n) is 3.50. The Morgan fingerprint density at radius 2 is 1.92 bits per heavy atom. The average Bonchev–Trinajstić information content (AvgIpc) is 3.03. The zero-order chi connectivity index (χ0) is 18.5. The first-order chi connectivity index (χ1) is 12.6. The number of anilines is 1. The van der Waals surface area contributed by atoms with Crippen LogP contribution in [-0.2, 0) is 22.4 Å². The molecule has 0 spiro atoms. The average molecular weight is 350 g/mol. The van der Waals surface area contributed by atoms with Gasteiger partial charge in [0.1, 0.15) is 0 Å². The largest absolute Gasteiger partial charge is 0.342 e. The molecule has 4 heteroatoms. The van der Waals surface area contributed by atoms with Gasteiger partial charge in [0.2, 0.25) is 11.8 Å². The van der Waals surface area contributed by atoms with E-state index in [0.717, 1.165) is 29.7 Å². The molecule has 1 N–H and O–H groups in total. The molecule has 4 nitrogen and oxygen atoms in total. The van der Waals surface area contributed by atoms with Crippen LogP contribution in [0, 0.1) is 12.8 Å². The Balaban J connectivity index is 1.60. The standard InChI is InChI=1S/C22H26N2O2/c1-3-18-11-7-8-16(2)21(18)23-22(26)19-14-20(25)24(15-19)13-12-17-9-5-4-6-10-17/h4-11,19H,3,12-15H2,1-2H3,(H,23,26).